The summed E-state index contributed by atoms with van der Waals surface area (Å²) in [7, 11) is 1.00. The predicted molar refractivity (Wildman–Crippen MR) is 44.0 cm³/mol. The highest BCUT2D eigenvalue weighted by molar-refractivity contribution is 5.35. The lowest BCUT2D eigenvalue weighted by atomic mass is 10.1. The normalized spacial score (nSPS) is 7.45. The monoisotopic (exact) mass is 149 g/mol. The first-order chi connectivity index (χ1) is 5.34. The van der Waals surface area contributed by atoms with Gasteiger partial charge in [0, 0.05) is 7.11 Å². The molecule has 2 heteroatoms. The van der Waals surface area contributed by atoms with Gasteiger partial charge in [-0.15, -0.1) is 0 Å². The largest absolute Gasteiger partial charge is 0.400 e. The summed E-state index contributed by atoms with van der Waals surface area (Å²) in [6.45, 7) is 1.93. The fraction of sp³-hybridized carbons (Fsp3) is 0.222. The molecule has 0 aliphatic rings. The lowest BCUT2D eigenvalue weighted by molar-refractivity contribution is 0.399. The maximum atomic E-state index is 8.47. The smallest absolute Gasteiger partial charge is 0.0994 e. The third kappa shape index (κ3) is 2.83. The van der Waals surface area contributed by atoms with E-state index in [4.69, 9.17) is 10.4 Å². The van der Waals surface area contributed by atoms with Crippen molar-refractivity contribution in [2.45, 2.75) is 6.92 Å². The van der Waals surface area contributed by atoms with Crippen molar-refractivity contribution in [2.75, 3.05) is 7.11 Å². The average molecular weight is 149 g/mol. The van der Waals surface area contributed by atoms with Crippen LogP contribution in [0.4, 0.5) is 0 Å². The van der Waals surface area contributed by atoms with E-state index in [-0.39, 0.29) is 0 Å². The molecule has 0 aliphatic heterocycles. The fourth-order valence-electron chi connectivity index (χ4n) is 0.698. The number of aryl methyl sites for hydroxylation is 1. The number of aliphatic hydroxyl groups is 1. The first-order valence-electron chi connectivity index (χ1n) is 3.25. The number of hydrogen-bond acceptors (Lipinski definition) is 2. The summed E-state index contributed by atoms with van der Waals surface area (Å²) in [6.07, 6.45) is 0. The minimum absolute atomic E-state index is 0.762. The van der Waals surface area contributed by atoms with Gasteiger partial charge in [0.05, 0.1) is 11.6 Å². The van der Waals surface area contributed by atoms with Gasteiger partial charge in [0.15, 0.2) is 0 Å². The van der Waals surface area contributed by atoms with Crippen molar-refractivity contribution in [3.8, 4) is 6.07 Å². The van der Waals surface area contributed by atoms with Crippen molar-refractivity contribution < 1.29 is 5.11 Å². The molecule has 0 aliphatic carbocycles. The van der Waals surface area contributed by atoms with Crippen LogP contribution in [-0.2, 0) is 0 Å². The number of nitriles is 1. The van der Waals surface area contributed by atoms with E-state index >= 15 is 0 Å². The number of rotatable bonds is 0. The quantitative estimate of drug-likeness (QED) is 0.607. The Bertz CT molecular complexity index is 250. The van der Waals surface area contributed by atoms with E-state index < -0.39 is 0 Å². The van der Waals surface area contributed by atoms with Gasteiger partial charge in [-0.2, -0.15) is 5.26 Å². The maximum absolute atomic E-state index is 8.47. The van der Waals surface area contributed by atoms with Crippen molar-refractivity contribution in [3.05, 3.63) is 35.4 Å². The first kappa shape index (κ1) is 9.67. The Morgan fingerprint density at radius 1 is 1.27 bits per heavy atom. The molecule has 1 aromatic carbocycles. The number of benzene rings is 1. The summed E-state index contributed by atoms with van der Waals surface area (Å²) in [5.74, 6) is 0. The van der Waals surface area contributed by atoms with Crippen LogP contribution in [0, 0.1) is 18.3 Å². The molecule has 0 bridgehead atoms. The molecule has 0 saturated heterocycles. The highest BCUT2D eigenvalue weighted by Gasteiger charge is 1.89. The Hall–Kier alpha value is -1.33. The lowest BCUT2D eigenvalue weighted by Crippen LogP contribution is -1.77. The maximum Gasteiger partial charge on any atom is 0.0994 e. The molecule has 1 aromatic rings. The van der Waals surface area contributed by atoms with Crippen LogP contribution in [0.2, 0.25) is 0 Å². The molecular formula is C9H11NO. The van der Waals surface area contributed by atoms with Gasteiger partial charge in [-0.1, -0.05) is 18.2 Å². The molecular weight excluding hydrogens is 138 g/mol. The standard InChI is InChI=1S/C8H7N.CH4O/c1-7-4-2-3-5-8(7)6-9;1-2/h2-5H,1H3;2H,1H3. The van der Waals surface area contributed by atoms with E-state index in [1.54, 1.807) is 0 Å². The number of aliphatic hydroxyl groups excluding tert-OH is 1. The van der Waals surface area contributed by atoms with Crippen molar-refractivity contribution in [1.82, 2.24) is 0 Å². The van der Waals surface area contributed by atoms with Gasteiger partial charge < -0.3 is 5.11 Å². The van der Waals surface area contributed by atoms with E-state index in [1.807, 2.05) is 31.2 Å². The van der Waals surface area contributed by atoms with Crippen LogP contribution in [0.25, 0.3) is 0 Å². The fourth-order valence-corrected chi connectivity index (χ4v) is 0.698. The molecule has 11 heavy (non-hydrogen) atoms. The summed E-state index contributed by atoms with van der Waals surface area (Å²) in [5.41, 5.74) is 1.80. The third-order valence-corrected chi connectivity index (χ3v) is 1.27. The molecule has 58 valence electrons. The van der Waals surface area contributed by atoms with Crippen LogP contribution in [0.1, 0.15) is 11.1 Å². The zero-order chi connectivity index (χ0) is 8.69. The average Bonchev–Trinajstić information content (AvgIpc) is 2.09. The molecule has 0 amide bonds. The molecule has 0 fully saturated rings. The topological polar surface area (TPSA) is 44.0 Å². The summed E-state index contributed by atoms with van der Waals surface area (Å²) in [4.78, 5) is 0. The second-order valence-electron chi connectivity index (χ2n) is 1.93. The number of nitrogens with zero attached hydrogens (tertiary/aromatic N) is 1. The Labute approximate surface area is 66.7 Å². The summed E-state index contributed by atoms with van der Waals surface area (Å²) in [6, 6.07) is 9.63. The van der Waals surface area contributed by atoms with Crippen LogP contribution in [-0.4, -0.2) is 12.2 Å². The molecule has 0 aromatic heterocycles. The van der Waals surface area contributed by atoms with Crippen LogP contribution in [0.3, 0.4) is 0 Å². The Morgan fingerprint density at radius 3 is 2.18 bits per heavy atom. The molecule has 1 rings (SSSR count). The Morgan fingerprint density at radius 2 is 1.82 bits per heavy atom. The second-order valence-corrected chi connectivity index (χ2v) is 1.93. The molecule has 0 saturated carbocycles. The van der Waals surface area contributed by atoms with Crippen LogP contribution in [0.15, 0.2) is 24.3 Å². The molecule has 2 nitrogen and oxygen atoms in total. The van der Waals surface area contributed by atoms with Crippen LogP contribution < -0.4 is 0 Å². The zero-order valence-corrected chi connectivity index (χ0v) is 6.70. The lowest BCUT2D eigenvalue weighted by Gasteiger charge is -1.90. The third-order valence-electron chi connectivity index (χ3n) is 1.27. The zero-order valence-electron chi connectivity index (χ0n) is 6.70. The van der Waals surface area contributed by atoms with Gasteiger partial charge in [0.1, 0.15) is 0 Å². The first-order valence-corrected chi connectivity index (χ1v) is 3.25. The van der Waals surface area contributed by atoms with Crippen LogP contribution in [0.5, 0.6) is 0 Å². The summed E-state index contributed by atoms with van der Waals surface area (Å²) in [5, 5.41) is 15.5. The van der Waals surface area contributed by atoms with Gasteiger partial charge in [-0.3, -0.25) is 0 Å². The van der Waals surface area contributed by atoms with Gasteiger partial charge >= 0.3 is 0 Å². The number of hydrogen-bond donors (Lipinski definition) is 1. The van der Waals surface area contributed by atoms with Crippen molar-refractivity contribution >= 4 is 0 Å². The molecule has 0 atom stereocenters. The minimum Gasteiger partial charge on any atom is -0.400 e. The predicted octanol–water partition coefficient (Wildman–Crippen LogP) is 1.48. The minimum atomic E-state index is 0.762. The summed E-state index contributed by atoms with van der Waals surface area (Å²) < 4.78 is 0. The van der Waals surface area contributed by atoms with Crippen molar-refractivity contribution in [1.29, 1.82) is 5.26 Å². The van der Waals surface area contributed by atoms with Gasteiger partial charge in [0.25, 0.3) is 0 Å². The molecule has 0 radical (unpaired) electrons. The highest BCUT2D eigenvalue weighted by Crippen LogP contribution is 2.03. The summed E-state index contributed by atoms with van der Waals surface area (Å²) >= 11 is 0. The van der Waals surface area contributed by atoms with Gasteiger partial charge in [0.2, 0.25) is 0 Å². The van der Waals surface area contributed by atoms with E-state index in [2.05, 4.69) is 6.07 Å². The molecule has 0 heterocycles. The second kappa shape index (κ2) is 5.45. The van der Waals surface area contributed by atoms with E-state index in [9.17, 15) is 0 Å². The van der Waals surface area contributed by atoms with E-state index in [1.165, 1.54) is 0 Å². The Kier molecular flexibility index (Phi) is 4.80. The highest BCUT2D eigenvalue weighted by atomic mass is 16.2. The molecule has 1 N–H and O–H groups in total. The van der Waals surface area contributed by atoms with E-state index in [0.717, 1.165) is 18.2 Å². The molecule has 0 unspecified atom stereocenters. The van der Waals surface area contributed by atoms with Crippen LogP contribution >= 0.6 is 0 Å². The van der Waals surface area contributed by atoms with Crippen molar-refractivity contribution in [3.63, 3.8) is 0 Å². The van der Waals surface area contributed by atoms with Gasteiger partial charge in [-0.05, 0) is 18.6 Å². The SMILES string of the molecule is CO.Cc1ccccc1C#N. The van der Waals surface area contributed by atoms with Crippen molar-refractivity contribution in [2.24, 2.45) is 0 Å². The van der Waals surface area contributed by atoms with Gasteiger partial charge in [-0.25, -0.2) is 0 Å². The molecule has 0 spiro atoms. The Balaban J connectivity index is 0.000000461. The van der Waals surface area contributed by atoms with E-state index in [0.29, 0.717) is 0 Å².